The number of alkyl halides is 3. The van der Waals surface area contributed by atoms with Gasteiger partial charge in [0, 0.05) is 6.07 Å². The highest BCUT2D eigenvalue weighted by Crippen LogP contribution is 2.28. The van der Waals surface area contributed by atoms with E-state index >= 15 is 0 Å². The van der Waals surface area contributed by atoms with Crippen molar-refractivity contribution in [1.82, 2.24) is 15.2 Å². The van der Waals surface area contributed by atoms with Gasteiger partial charge < -0.3 is 0 Å². The lowest BCUT2D eigenvalue weighted by atomic mass is 10.2. The van der Waals surface area contributed by atoms with Crippen LogP contribution in [0, 0.1) is 0 Å². The minimum absolute atomic E-state index is 0.0519. The Morgan fingerprint density at radius 3 is 2.41 bits per heavy atom. The molecule has 88 valence electrons. The summed E-state index contributed by atoms with van der Waals surface area (Å²) >= 11 is 0. The highest BCUT2D eigenvalue weighted by molar-refractivity contribution is 5.53. The number of aromatic amines is 1. The van der Waals surface area contributed by atoms with Crippen molar-refractivity contribution >= 4 is 0 Å². The molecule has 17 heavy (non-hydrogen) atoms. The van der Waals surface area contributed by atoms with Gasteiger partial charge in [0.25, 0.3) is 5.56 Å². The van der Waals surface area contributed by atoms with Crippen LogP contribution in [0.25, 0.3) is 11.4 Å². The highest BCUT2D eigenvalue weighted by atomic mass is 19.4. The normalized spacial score (nSPS) is 11.5. The Bertz CT molecular complexity index is 571. The van der Waals surface area contributed by atoms with Crippen molar-refractivity contribution in [1.29, 1.82) is 0 Å². The molecule has 0 fully saturated rings. The minimum atomic E-state index is -4.50. The summed E-state index contributed by atoms with van der Waals surface area (Å²) in [6, 6.07) is 5.97. The number of H-pyrrole nitrogens is 1. The largest absolute Gasteiger partial charge is 0.433 e. The Morgan fingerprint density at radius 1 is 1.06 bits per heavy atom. The first-order valence-electron chi connectivity index (χ1n) is 4.57. The summed E-state index contributed by atoms with van der Waals surface area (Å²) in [6.07, 6.45) is -4.50. The average molecular weight is 241 g/mol. The van der Waals surface area contributed by atoms with Crippen LogP contribution in [0.5, 0.6) is 0 Å². The summed E-state index contributed by atoms with van der Waals surface area (Å²) in [6.45, 7) is 0. The van der Waals surface area contributed by atoms with Gasteiger partial charge in [0.05, 0.1) is 5.69 Å². The van der Waals surface area contributed by atoms with E-state index < -0.39 is 17.4 Å². The van der Waals surface area contributed by atoms with Crippen LogP contribution in [0.15, 0.2) is 35.1 Å². The van der Waals surface area contributed by atoms with Gasteiger partial charge in [-0.05, 0) is 18.2 Å². The van der Waals surface area contributed by atoms with E-state index in [9.17, 15) is 18.0 Å². The van der Waals surface area contributed by atoms with Gasteiger partial charge >= 0.3 is 6.18 Å². The zero-order valence-electron chi connectivity index (χ0n) is 8.32. The van der Waals surface area contributed by atoms with E-state index in [4.69, 9.17) is 0 Å². The van der Waals surface area contributed by atoms with Crippen LogP contribution in [0.2, 0.25) is 0 Å². The molecule has 0 radical (unpaired) electrons. The molecular formula is C10H6F3N3O. The van der Waals surface area contributed by atoms with E-state index in [0.29, 0.717) is 0 Å². The summed E-state index contributed by atoms with van der Waals surface area (Å²) in [4.78, 5) is 14.2. The lowest BCUT2D eigenvalue weighted by Crippen LogP contribution is -2.09. The molecule has 0 aliphatic heterocycles. The van der Waals surface area contributed by atoms with Crippen LogP contribution >= 0.6 is 0 Å². The molecule has 2 aromatic rings. The van der Waals surface area contributed by atoms with Crippen LogP contribution in [-0.2, 0) is 6.18 Å². The Balaban J connectivity index is 2.47. The van der Waals surface area contributed by atoms with Gasteiger partial charge in [0.1, 0.15) is 11.4 Å². The standard InChI is InChI=1S/C10H6F3N3O/c11-10(12,13)8-3-1-2-6(14-8)7-4-5-9(17)16-15-7/h1-5H,(H,16,17). The first-order chi connectivity index (χ1) is 7.97. The van der Waals surface area contributed by atoms with Crippen molar-refractivity contribution in [3.05, 3.63) is 46.4 Å². The number of pyridine rings is 1. The van der Waals surface area contributed by atoms with Gasteiger partial charge in [-0.2, -0.15) is 18.3 Å². The molecule has 0 atom stereocenters. The van der Waals surface area contributed by atoms with Gasteiger partial charge in [-0.1, -0.05) is 6.07 Å². The van der Waals surface area contributed by atoms with E-state index in [1.807, 2.05) is 0 Å². The zero-order chi connectivity index (χ0) is 12.5. The maximum absolute atomic E-state index is 12.4. The molecule has 0 saturated carbocycles. The Labute approximate surface area is 93.1 Å². The van der Waals surface area contributed by atoms with E-state index in [-0.39, 0.29) is 11.4 Å². The Kier molecular flexibility index (Phi) is 2.66. The number of halogens is 3. The second kappa shape index (κ2) is 4.00. The van der Waals surface area contributed by atoms with E-state index in [0.717, 1.165) is 6.07 Å². The van der Waals surface area contributed by atoms with Crippen molar-refractivity contribution in [3.8, 4) is 11.4 Å². The Hall–Kier alpha value is -2.18. The number of aromatic nitrogens is 3. The molecule has 0 aliphatic rings. The second-order valence-electron chi connectivity index (χ2n) is 3.21. The Morgan fingerprint density at radius 2 is 1.82 bits per heavy atom. The molecule has 7 heteroatoms. The number of rotatable bonds is 1. The molecule has 0 bridgehead atoms. The summed E-state index contributed by atoms with van der Waals surface area (Å²) in [5.41, 5.74) is -1.20. The molecule has 0 spiro atoms. The molecule has 0 aromatic carbocycles. The third-order valence-corrected chi connectivity index (χ3v) is 1.98. The molecule has 2 rings (SSSR count). The van der Waals surface area contributed by atoms with Gasteiger partial charge in [0.2, 0.25) is 0 Å². The summed E-state index contributed by atoms with van der Waals surface area (Å²) in [5.74, 6) is 0. The highest BCUT2D eigenvalue weighted by Gasteiger charge is 2.32. The zero-order valence-corrected chi connectivity index (χ0v) is 8.32. The smallest absolute Gasteiger partial charge is 0.268 e. The van der Waals surface area contributed by atoms with Crippen LogP contribution in [-0.4, -0.2) is 15.2 Å². The van der Waals surface area contributed by atoms with E-state index in [1.54, 1.807) is 0 Å². The monoisotopic (exact) mass is 241 g/mol. The molecule has 1 N–H and O–H groups in total. The molecule has 4 nitrogen and oxygen atoms in total. The quantitative estimate of drug-likeness (QED) is 0.828. The van der Waals surface area contributed by atoms with Crippen molar-refractivity contribution in [2.24, 2.45) is 0 Å². The number of hydrogen-bond acceptors (Lipinski definition) is 3. The molecule has 0 amide bonds. The second-order valence-corrected chi connectivity index (χ2v) is 3.21. The minimum Gasteiger partial charge on any atom is -0.268 e. The predicted octanol–water partition coefficient (Wildman–Crippen LogP) is 1.85. The maximum atomic E-state index is 12.4. The molecule has 2 heterocycles. The van der Waals surface area contributed by atoms with Crippen LogP contribution < -0.4 is 5.56 Å². The van der Waals surface area contributed by atoms with Gasteiger partial charge in [-0.25, -0.2) is 10.1 Å². The van der Waals surface area contributed by atoms with Gasteiger partial charge in [-0.3, -0.25) is 4.79 Å². The molecule has 0 saturated heterocycles. The molecule has 0 unspecified atom stereocenters. The lowest BCUT2D eigenvalue weighted by molar-refractivity contribution is -0.141. The van der Waals surface area contributed by atoms with Crippen LogP contribution in [0.1, 0.15) is 5.69 Å². The van der Waals surface area contributed by atoms with Gasteiger partial charge in [-0.15, -0.1) is 0 Å². The van der Waals surface area contributed by atoms with E-state index in [2.05, 4.69) is 15.2 Å². The first kappa shape index (κ1) is 11.3. The van der Waals surface area contributed by atoms with Crippen molar-refractivity contribution in [2.75, 3.05) is 0 Å². The molecule has 0 aliphatic carbocycles. The fraction of sp³-hybridized carbons (Fsp3) is 0.100. The van der Waals surface area contributed by atoms with E-state index in [1.165, 1.54) is 24.3 Å². The first-order valence-corrected chi connectivity index (χ1v) is 4.57. The predicted molar refractivity (Wildman–Crippen MR) is 53.1 cm³/mol. The SMILES string of the molecule is O=c1ccc(-c2cccc(C(F)(F)F)n2)n[nH]1. The van der Waals surface area contributed by atoms with Crippen LogP contribution in [0.3, 0.4) is 0 Å². The number of hydrogen-bond donors (Lipinski definition) is 1. The lowest BCUT2D eigenvalue weighted by Gasteiger charge is -2.06. The maximum Gasteiger partial charge on any atom is 0.433 e. The number of nitrogens with one attached hydrogen (secondary N) is 1. The summed E-state index contributed by atoms with van der Waals surface area (Å²) in [5, 5.41) is 5.73. The van der Waals surface area contributed by atoms with Crippen LogP contribution in [0.4, 0.5) is 13.2 Å². The molecular weight excluding hydrogens is 235 g/mol. The number of nitrogens with zero attached hydrogens (tertiary/aromatic N) is 2. The topological polar surface area (TPSA) is 58.6 Å². The molecule has 2 aromatic heterocycles. The summed E-state index contributed by atoms with van der Waals surface area (Å²) in [7, 11) is 0. The van der Waals surface area contributed by atoms with Crippen molar-refractivity contribution in [3.63, 3.8) is 0 Å². The van der Waals surface area contributed by atoms with Crippen molar-refractivity contribution in [2.45, 2.75) is 6.18 Å². The van der Waals surface area contributed by atoms with Gasteiger partial charge in [0.15, 0.2) is 0 Å². The third kappa shape index (κ3) is 2.49. The fourth-order valence-corrected chi connectivity index (χ4v) is 1.22. The third-order valence-electron chi connectivity index (χ3n) is 1.98. The van der Waals surface area contributed by atoms with Crippen molar-refractivity contribution < 1.29 is 13.2 Å². The fourth-order valence-electron chi connectivity index (χ4n) is 1.22. The average Bonchev–Trinajstić information content (AvgIpc) is 2.29. The summed E-state index contributed by atoms with van der Waals surface area (Å²) < 4.78 is 37.2.